The molecule has 21 heavy (non-hydrogen) atoms. The lowest BCUT2D eigenvalue weighted by Crippen LogP contribution is -2.28. The molecule has 0 aliphatic heterocycles. The molecular formula is C17H19FN2O. The van der Waals surface area contributed by atoms with E-state index in [9.17, 15) is 9.18 Å². The predicted octanol–water partition coefficient (Wildman–Crippen LogP) is 3.39. The van der Waals surface area contributed by atoms with E-state index in [1.807, 2.05) is 32.9 Å². The molecule has 2 aromatic rings. The van der Waals surface area contributed by atoms with Crippen molar-refractivity contribution in [1.82, 2.24) is 0 Å². The number of para-hydroxylation sites is 1. The van der Waals surface area contributed by atoms with Crippen molar-refractivity contribution in [2.75, 3.05) is 5.32 Å². The minimum absolute atomic E-state index is 0.263. The molecule has 0 aromatic heterocycles. The maximum Gasteiger partial charge on any atom is 0.244 e. The number of hydrogen-bond acceptors (Lipinski definition) is 2. The summed E-state index contributed by atoms with van der Waals surface area (Å²) in [7, 11) is 0. The van der Waals surface area contributed by atoms with Crippen molar-refractivity contribution in [3.63, 3.8) is 0 Å². The first-order valence-electron chi connectivity index (χ1n) is 6.78. The maximum absolute atomic E-state index is 13.8. The molecule has 2 rings (SSSR count). The monoisotopic (exact) mass is 286 g/mol. The Morgan fingerprint density at radius 2 is 1.71 bits per heavy atom. The van der Waals surface area contributed by atoms with Crippen LogP contribution >= 0.6 is 0 Å². The largest absolute Gasteiger partial charge is 0.368 e. The normalized spacial score (nSPS) is 12.0. The number of carbonyl (C=O) groups is 1. The summed E-state index contributed by atoms with van der Waals surface area (Å²) < 4.78 is 13.8. The minimum atomic E-state index is -0.763. The van der Waals surface area contributed by atoms with Gasteiger partial charge >= 0.3 is 0 Å². The number of halogens is 1. The maximum atomic E-state index is 13.8. The van der Waals surface area contributed by atoms with Crippen LogP contribution in [0.5, 0.6) is 0 Å². The molecule has 1 amide bonds. The van der Waals surface area contributed by atoms with Crippen LogP contribution in [-0.4, -0.2) is 5.91 Å². The third-order valence-corrected chi connectivity index (χ3v) is 3.65. The molecule has 0 aliphatic rings. The fraction of sp³-hybridized carbons (Fsp3) is 0.235. The number of amides is 1. The van der Waals surface area contributed by atoms with Gasteiger partial charge in [0.25, 0.3) is 0 Å². The zero-order valence-corrected chi connectivity index (χ0v) is 12.4. The third kappa shape index (κ3) is 3.21. The van der Waals surface area contributed by atoms with Crippen LogP contribution in [0.2, 0.25) is 0 Å². The molecule has 3 N–H and O–H groups in total. The van der Waals surface area contributed by atoms with Crippen molar-refractivity contribution < 1.29 is 9.18 Å². The summed E-state index contributed by atoms with van der Waals surface area (Å²) in [5, 5.41) is 2.90. The second-order valence-corrected chi connectivity index (χ2v) is 5.25. The van der Waals surface area contributed by atoms with Crippen molar-refractivity contribution in [3.8, 4) is 0 Å². The topological polar surface area (TPSA) is 55.1 Å². The molecule has 4 heteroatoms. The highest BCUT2D eigenvalue weighted by atomic mass is 19.1. The summed E-state index contributed by atoms with van der Waals surface area (Å²) in [6.45, 7) is 5.90. The van der Waals surface area contributed by atoms with Gasteiger partial charge in [0.1, 0.15) is 11.9 Å². The van der Waals surface area contributed by atoms with Crippen molar-refractivity contribution in [2.24, 2.45) is 5.73 Å². The average Bonchev–Trinajstić information content (AvgIpc) is 2.42. The summed E-state index contributed by atoms with van der Waals surface area (Å²) in [6.07, 6.45) is 0. The molecule has 110 valence electrons. The number of aryl methyl sites for hydroxylation is 3. The van der Waals surface area contributed by atoms with E-state index in [-0.39, 0.29) is 5.69 Å². The first kappa shape index (κ1) is 15.0. The summed E-state index contributed by atoms with van der Waals surface area (Å²) in [4.78, 5) is 11.8. The molecule has 2 aromatic carbocycles. The summed E-state index contributed by atoms with van der Waals surface area (Å²) in [5.74, 6) is -0.949. The van der Waals surface area contributed by atoms with E-state index in [0.29, 0.717) is 0 Å². The standard InChI is InChI=1S/C17H19FN2O/c1-10-8-12(3)13(9-11(10)2)16(17(19)21)20-15-7-5-4-6-14(15)18/h4-9,16,20H,1-3H3,(H2,19,21). The Morgan fingerprint density at radius 3 is 2.33 bits per heavy atom. The Kier molecular flexibility index (Phi) is 4.26. The molecule has 0 heterocycles. The Bertz CT molecular complexity index is 682. The lowest BCUT2D eigenvalue weighted by Gasteiger charge is -2.20. The summed E-state index contributed by atoms with van der Waals surface area (Å²) in [5.41, 5.74) is 9.70. The van der Waals surface area contributed by atoms with Crippen LogP contribution in [0.4, 0.5) is 10.1 Å². The first-order chi connectivity index (χ1) is 9.90. The zero-order valence-electron chi connectivity index (χ0n) is 12.4. The second kappa shape index (κ2) is 5.95. The van der Waals surface area contributed by atoms with Gasteiger partial charge in [-0.1, -0.05) is 24.3 Å². The van der Waals surface area contributed by atoms with E-state index in [2.05, 4.69) is 5.32 Å². The van der Waals surface area contributed by atoms with E-state index in [4.69, 9.17) is 5.73 Å². The number of anilines is 1. The van der Waals surface area contributed by atoms with Crippen LogP contribution in [-0.2, 0) is 4.79 Å². The number of nitrogens with one attached hydrogen (secondary N) is 1. The molecule has 3 nitrogen and oxygen atoms in total. The van der Waals surface area contributed by atoms with Gasteiger partial charge in [-0.2, -0.15) is 0 Å². The SMILES string of the molecule is Cc1cc(C)c(C(Nc2ccccc2F)C(N)=O)cc1C. The van der Waals surface area contributed by atoms with E-state index >= 15 is 0 Å². The van der Waals surface area contributed by atoms with Crippen LogP contribution < -0.4 is 11.1 Å². The molecule has 1 unspecified atom stereocenters. The molecular weight excluding hydrogens is 267 g/mol. The number of carbonyl (C=O) groups excluding carboxylic acids is 1. The smallest absolute Gasteiger partial charge is 0.244 e. The Labute approximate surface area is 124 Å². The molecule has 0 radical (unpaired) electrons. The van der Waals surface area contributed by atoms with Gasteiger partial charge < -0.3 is 11.1 Å². The zero-order chi connectivity index (χ0) is 15.6. The van der Waals surface area contributed by atoms with Gasteiger partial charge in [-0.15, -0.1) is 0 Å². The van der Waals surface area contributed by atoms with Crippen LogP contribution in [0.3, 0.4) is 0 Å². The number of benzene rings is 2. The molecule has 0 spiro atoms. The summed E-state index contributed by atoms with van der Waals surface area (Å²) >= 11 is 0. The highest BCUT2D eigenvalue weighted by molar-refractivity contribution is 5.85. The molecule has 0 fully saturated rings. The third-order valence-electron chi connectivity index (χ3n) is 3.65. The fourth-order valence-corrected chi connectivity index (χ4v) is 2.33. The van der Waals surface area contributed by atoms with Gasteiger partial charge in [0, 0.05) is 0 Å². The van der Waals surface area contributed by atoms with Crippen molar-refractivity contribution in [3.05, 3.63) is 64.5 Å². The Morgan fingerprint density at radius 1 is 1.10 bits per heavy atom. The van der Waals surface area contributed by atoms with Gasteiger partial charge in [-0.25, -0.2) is 4.39 Å². The van der Waals surface area contributed by atoms with E-state index in [0.717, 1.165) is 22.3 Å². The highest BCUT2D eigenvalue weighted by Gasteiger charge is 2.21. The Balaban J connectivity index is 2.43. The van der Waals surface area contributed by atoms with Crippen LogP contribution in [0.15, 0.2) is 36.4 Å². The predicted molar refractivity (Wildman–Crippen MR) is 82.6 cm³/mol. The van der Waals surface area contributed by atoms with Gasteiger partial charge in [-0.05, 0) is 55.2 Å². The van der Waals surface area contributed by atoms with Crippen LogP contribution in [0, 0.1) is 26.6 Å². The highest BCUT2D eigenvalue weighted by Crippen LogP contribution is 2.26. The average molecular weight is 286 g/mol. The van der Waals surface area contributed by atoms with Gasteiger partial charge in [0.05, 0.1) is 5.69 Å². The van der Waals surface area contributed by atoms with Crippen LogP contribution in [0.25, 0.3) is 0 Å². The van der Waals surface area contributed by atoms with Gasteiger partial charge in [0.2, 0.25) is 5.91 Å². The lowest BCUT2D eigenvalue weighted by atomic mass is 9.95. The molecule has 0 aliphatic carbocycles. The first-order valence-corrected chi connectivity index (χ1v) is 6.78. The van der Waals surface area contributed by atoms with E-state index in [1.165, 1.54) is 6.07 Å². The number of hydrogen-bond donors (Lipinski definition) is 2. The molecule has 1 atom stereocenters. The van der Waals surface area contributed by atoms with E-state index < -0.39 is 17.8 Å². The lowest BCUT2D eigenvalue weighted by molar-refractivity contribution is -0.118. The number of rotatable bonds is 4. The van der Waals surface area contributed by atoms with Gasteiger partial charge in [-0.3, -0.25) is 4.79 Å². The Hall–Kier alpha value is -2.36. The quantitative estimate of drug-likeness (QED) is 0.905. The van der Waals surface area contributed by atoms with Crippen molar-refractivity contribution in [1.29, 1.82) is 0 Å². The van der Waals surface area contributed by atoms with Gasteiger partial charge in [0.15, 0.2) is 0 Å². The fourth-order valence-electron chi connectivity index (χ4n) is 2.33. The number of primary amides is 1. The molecule has 0 bridgehead atoms. The summed E-state index contributed by atoms with van der Waals surface area (Å²) in [6, 6.07) is 9.39. The minimum Gasteiger partial charge on any atom is -0.368 e. The van der Waals surface area contributed by atoms with Crippen molar-refractivity contribution in [2.45, 2.75) is 26.8 Å². The van der Waals surface area contributed by atoms with Crippen LogP contribution in [0.1, 0.15) is 28.3 Å². The molecule has 0 saturated heterocycles. The molecule has 0 saturated carbocycles. The second-order valence-electron chi connectivity index (χ2n) is 5.25. The van der Waals surface area contributed by atoms with E-state index in [1.54, 1.807) is 18.2 Å². The number of nitrogens with two attached hydrogens (primary N) is 1. The van der Waals surface area contributed by atoms with Crippen molar-refractivity contribution >= 4 is 11.6 Å².